The molecule has 0 aliphatic heterocycles. The molecule has 18 heavy (non-hydrogen) atoms. The zero-order chi connectivity index (χ0) is 14.1. The Morgan fingerprint density at radius 1 is 1.39 bits per heavy atom. The van der Waals surface area contributed by atoms with Gasteiger partial charge in [-0.25, -0.2) is 5.01 Å². The molecule has 4 atom stereocenters. The van der Waals surface area contributed by atoms with E-state index in [4.69, 9.17) is 0 Å². The molecular formula is C15H30N2O. The molecule has 3 nitrogen and oxygen atoms in total. The highest BCUT2D eigenvalue weighted by Crippen LogP contribution is 2.27. The summed E-state index contributed by atoms with van der Waals surface area (Å²) in [4.78, 5) is 0. The molecule has 2 N–H and O–H groups in total. The van der Waals surface area contributed by atoms with Crippen molar-refractivity contribution < 1.29 is 5.11 Å². The van der Waals surface area contributed by atoms with Gasteiger partial charge in [0.2, 0.25) is 0 Å². The second-order valence-electron chi connectivity index (χ2n) is 4.86. The second-order valence-corrected chi connectivity index (χ2v) is 4.86. The molecule has 0 amide bonds. The van der Waals surface area contributed by atoms with E-state index in [2.05, 4.69) is 43.0 Å². The van der Waals surface area contributed by atoms with Gasteiger partial charge in [0.05, 0.1) is 6.10 Å². The molecule has 0 heterocycles. The van der Waals surface area contributed by atoms with Crippen molar-refractivity contribution >= 4 is 0 Å². The van der Waals surface area contributed by atoms with Crippen LogP contribution in [0.4, 0.5) is 0 Å². The van der Waals surface area contributed by atoms with Crippen LogP contribution in [0.1, 0.15) is 27.7 Å². The normalized spacial score (nSPS) is 18.8. The van der Waals surface area contributed by atoms with Crippen LogP contribution in [0.2, 0.25) is 0 Å². The Balaban J connectivity index is 4.96. The van der Waals surface area contributed by atoms with E-state index in [0.717, 1.165) is 13.1 Å². The van der Waals surface area contributed by atoms with Crippen molar-refractivity contribution in [2.45, 2.75) is 33.8 Å². The summed E-state index contributed by atoms with van der Waals surface area (Å²) in [5, 5.41) is 12.2. The number of aliphatic hydroxyl groups is 1. The predicted octanol–water partition coefficient (Wildman–Crippen LogP) is 2.45. The molecule has 0 aromatic rings. The topological polar surface area (TPSA) is 35.5 Å². The van der Waals surface area contributed by atoms with Crippen molar-refractivity contribution in [1.29, 1.82) is 0 Å². The van der Waals surface area contributed by atoms with E-state index in [-0.39, 0.29) is 12.0 Å². The highest BCUT2D eigenvalue weighted by atomic mass is 16.3. The van der Waals surface area contributed by atoms with Gasteiger partial charge in [-0.3, -0.25) is 5.43 Å². The van der Waals surface area contributed by atoms with Crippen molar-refractivity contribution in [3.8, 4) is 0 Å². The van der Waals surface area contributed by atoms with Crippen LogP contribution >= 0.6 is 0 Å². The summed E-state index contributed by atoms with van der Waals surface area (Å²) < 4.78 is 0. The molecule has 0 spiro atoms. The third-order valence-corrected chi connectivity index (χ3v) is 3.64. The summed E-state index contributed by atoms with van der Waals surface area (Å²) in [6.45, 7) is 13.8. The first-order valence-electron chi connectivity index (χ1n) is 6.87. The Hall–Kier alpha value is -0.640. The number of rotatable bonds is 9. The lowest BCUT2D eigenvalue weighted by atomic mass is 9.79. The van der Waals surface area contributed by atoms with Gasteiger partial charge in [0.15, 0.2) is 0 Å². The summed E-state index contributed by atoms with van der Waals surface area (Å²) in [7, 11) is 1.92. The Kier molecular flexibility index (Phi) is 8.98. The maximum Gasteiger partial charge on any atom is 0.0558 e. The lowest BCUT2D eigenvalue weighted by Gasteiger charge is -2.34. The molecule has 106 valence electrons. The standard InChI is InChI=1S/C15H30N2O/c1-7-10-14(12(4)8-2)15(13(5)18)11-17(9-3)16-6/h7-8,10,12-16,18H,2,9,11H2,1,3-6H3. The monoisotopic (exact) mass is 254 g/mol. The third kappa shape index (κ3) is 5.34. The van der Waals surface area contributed by atoms with E-state index >= 15 is 0 Å². The third-order valence-electron chi connectivity index (χ3n) is 3.64. The van der Waals surface area contributed by atoms with Gasteiger partial charge in [0.25, 0.3) is 0 Å². The molecule has 0 bridgehead atoms. The van der Waals surface area contributed by atoms with Gasteiger partial charge in [-0.15, -0.1) is 6.58 Å². The molecule has 0 fully saturated rings. The summed E-state index contributed by atoms with van der Waals surface area (Å²) in [6, 6.07) is 0. The fourth-order valence-corrected chi connectivity index (χ4v) is 2.32. The number of nitrogens with zero attached hydrogens (tertiary/aromatic N) is 1. The highest BCUT2D eigenvalue weighted by molar-refractivity contribution is 4.99. The lowest BCUT2D eigenvalue weighted by molar-refractivity contribution is 0.0492. The van der Waals surface area contributed by atoms with E-state index < -0.39 is 0 Å². The van der Waals surface area contributed by atoms with Crippen LogP contribution in [0.25, 0.3) is 0 Å². The fraction of sp³-hybridized carbons (Fsp3) is 0.733. The first kappa shape index (κ1) is 17.4. The molecule has 0 aliphatic carbocycles. The summed E-state index contributed by atoms with van der Waals surface area (Å²) >= 11 is 0. The fourth-order valence-electron chi connectivity index (χ4n) is 2.32. The van der Waals surface area contributed by atoms with E-state index in [9.17, 15) is 5.11 Å². The summed E-state index contributed by atoms with van der Waals surface area (Å²) in [6.07, 6.45) is 5.88. The van der Waals surface area contributed by atoms with Gasteiger partial charge in [0.1, 0.15) is 0 Å². The SMILES string of the molecule is C=CC(C)C(C=CC)C(CN(CC)NC)C(C)O. The van der Waals surface area contributed by atoms with Crippen LogP contribution in [0.3, 0.4) is 0 Å². The molecule has 0 saturated carbocycles. The zero-order valence-electron chi connectivity index (χ0n) is 12.6. The zero-order valence-corrected chi connectivity index (χ0v) is 12.6. The van der Waals surface area contributed by atoms with Gasteiger partial charge >= 0.3 is 0 Å². The van der Waals surface area contributed by atoms with Crippen molar-refractivity contribution in [3.05, 3.63) is 24.8 Å². The summed E-state index contributed by atoms with van der Waals surface area (Å²) in [5.74, 6) is 0.868. The largest absolute Gasteiger partial charge is 0.393 e. The average Bonchev–Trinajstić information content (AvgIpc) is 2.37. The molecular weight excluding hydrogens is 224 g/mol. The van der Waals surface area contributed by atoms with Gasteiger partial charge in [-0.2, -0.15) is 0 Å². The maximum absolute atomic E-state index is 10.1. The molecule has 0 aliphatic rings. The number of hydrazine groups is 1. The smallest absolute Gasteiger partial charge is 0.0558 e. The number of hydrogen-bond donors (Lipinski definition) is 2. The Bertz CT molecular complexity index is 247. The quantitative estimate of drug-likeness (QED) is 0.490. The predicted molar refractivity (Wildman–Crippen MR) is 79.1 cm³/mol. The number of allylic oxidation sites excluding steroid dienone is 3. The van der Waals surface area contributed by atoms with Gasteiger partial charge in [-0.05, 0) is 32.7 Å². The number of nitrogens with one attached hydrogen (secondary N) is 1. The van der Waals surface area contributed by atoms with Crippen LogP contribution in [0.5, 0.6) is 0 Å². The van der Waals surface area contributed by atoms with Gasteiger partial charge in [0, 0.05) is 19.0 Å². The number of hydrogen-bond acceptors (Lipinski definition) is 3. The van der Waals surface area contributed by atoms with Crippen LogP contribution in [-0.2, 0) is 0 Å². The second kappa shape index (κ2) is 9.31. The van der Waals surface area contributed by atoms with Crippen LogP contribution < -0.4 is 5.43 Å². The van der Waals surface area contributed by atoms with Crippen molar-refractivity contribution in [3.63, 3.8) is 0 Å². The number of aliphatic hydroxyl groups excluding tert-OH is 1. The van der Waals surface area contributed by atoms with Gasteiger partial charge in [-0.1, -0.05) is 32.1 Å². The highest BCUT2D eigenvalue weighted by Gasteiger charge is 2.28. The minimum Gasteiger partial charge on any atom is -0.393 e. The molecule has 0 radical (unpaired) electrons. The molecule has 0 saturated heterocycles. The molecule has 0 aromatic carbocycles. The first-order valence-corrected chi connectivity index (χ1v) is 6.87. The van der Waals surface area contributed by atoms with Crippen molar-refractivity contribution in [2.75, 3.05) is 20.1 Å². The van der Waals surface area contributed by atoms with E-state index in [1.165, 1.54) is 0 Å². The van der Waals surface area contributed by atoms with Gasteiger partial charge < -0.3 is 5.11 Å². The van der Waals surface area contributed by atoms with Crippen LogP contribution in [-0.4, -0.2) is 36.4 Å². The van der Waals surface area contributed by atoms with Crippen molar-refractivity contribution in [2.24, 2.45) is 17.8 Å². The Morgan fingerprint density at radius 3 is 2.33 bits per heavy atom. The maximum atomic E-state index is 10.1. The van der Waals surface area contributed by atoms with Crippen molar-refractivity contribution in [1.82, 2.24) is 10.4 Å². The minimum atomic E-state index is -0.337. The Labute approximate surface area is 113 Å². The van der Waals surface area contributed by atoms with E-state index in [0.29, 0.717) is 11.8 Å². The molecule has 3 heteroatoms. The van der Waals surface area contributed by atoms with E-state index in [1.54, 1.807) is 0 Å². The van der Waals surface area contributed by atoms with Crippen LogP contribution in [0, 0.1) is 17.8 Å². The lowest BCUT2D eigenvalue weighted by Crippen LogP contribution is -2.44. The Morgan fingerprint density at radius 2 is 2.00 bits per heavy atom. The molecule has 4 unspecified atom stereocenters. The van der Waals surface area contributed by atoms with E-state index in [1.807, 2.05) is 27.0 Å². The molecule has 0 rings (SSSR count). The van der Waals surface area contributed by atoms with Crippen LogP contribution in [0.15, 0.2) is 24.8 Å². The molecule has 0 aromatic heterocycles. The average molecular weight is 254 g/mol. The minimum absolute atomic E-state index is 0.196. The first-order chi connectivity index (χ1) is 8.51. The summed E-state index contributed by atoms with van der Waals surface area (Å²) in [5.41, 5.74) is 3.16.